The molecule has 7 nitrogen and oxygen atoms in total. The molecule has 0 saturated heterocycles. The van der Waals surface area contributed by atoms with Crippen molar-refractivity contribution in [1.29, 1.82) is 5.26 Å². The highest BCUT2D eigenvalue weighted by molar-refractivity contribution is 5.59. The Hall–Kier alpha value is -3.01. The fraction of sp³-hybridized carbons (Fsp3) is 0.312. The van der Waals surface area contributed by atoms with Crippen LogP contribution in [0.15, 0.2) is 18.6 Å². The summed E-state index contributed by atoms with van der Waals surface area (Å²) in [5, 5.41) is 21.8. The molecule has 4 rings (SSSR count). The number of pyridine rings is 1. The van der Waals surface area contributed by atoms with E-state index < -0.39 is 0 Å². The molecule has 0 saturated carbocycles. The van der Waals surface area contributed by atoms with Gasteiger partial charge < -0.3 is 4.90 Å². The van der Waals surface area contributed by atoms with E-state index in [2.05, 4.69) is 38.2 Å². The summed E-state index contributed by atoms with van der Waals surface area (Å²) in [6, 6.07) is 4.08. The van der Waals surface area contributed by atoms with Gasteiger partial charge in [0.25, 0.3) is 0 Å². The Labute approximate surface area is 133 Å². The van der Waals surface area contributed by atoms with Gasteiger partial charge in [-0.2, -0.15) is 9.78 Å². The van der Waals surface area contributed by atoms with Gasteiger partial charge >= 0.3 is 0 Å². The molecule has 4 heterocycles. The third-order valence-electron chi connectivity index (χ3n) is 4.43. The number of aryl methyl sites for hydroxylation is 1. The molecule has 0 N–H and O–H groups in total. The molecule has 0 fully saturated rings. The second-order valence-electron chi connectivity index (χ2n) is 5.79. The third-order valence-corrected chi connectivity index (χ3v) is 4.43. The molecule has 7 heteroatoms. The zero-order valence-electron chi connectivity index (χ0n) is 13.0. The Morgan fingerprint density at radius 1 is 1.26 bits per heavy atom. The molecule has 23 heavy (non-hydrogen) atoms. The summed E-state index contributed by atoms with van der Waals surface area (Å²) in [5.41, 5.74) is 5.75. The summed E-state index contributed by atoms with van der Waals surface area (Å²) in [6.45, 7) is 5.66. The van der Waals surface area contributed by atoms with Gasteiger partial charge in [0.2, 0.25) is 0 Å². The smallest absolute Gasteiger partial charge is 0.180 e. The maximum absolute atomic E-state index is 9.06. The molecular weight excluding hydrogens is 290 g/mol. The van der Waals surface area contributed by atoms with E-state index in [4.69, 9.17) is 5.26 Å². The predicted octanol–water partition coefficient (Wildman–Crippen LogP) is 1.57. The Kier molecular flexibility index (Phi) is 2.98. The number of hydrogen-bond acceptors (Lipinski definition) is 6. The normalized spacial score (nSPS) is 13.9. The van der Waals surface area contributed by atoms with Crippen molar-refractivity contribution < 1.29 is 0 Å². The second-order valence-corrected chi connectivity index (χ2v) is 5.79. The molecule has 1 aliphatic rings. The first kappa shape index (κ1) is 13.6. The van der Waals surface area contributed by atoms with Crippen molar-refractivity contribution in [3.8, 4) is 6.07 Å². The van der Waals surface area contributed by atoms with E-state index in [0.29, 0.717) is 12.1 Å². The monoisotopic (exact) mass is 305 g/mol. The van der Waals surface area contributed by atoms with Gasteiger partial charge in [0.15, 0.2) is 11.5 Å². The first-order valence-electron chi connectivity index (χ1n) is 7.47. The van der Waals surface area contributed by atoms with Crippen LogP contribution in [0.25, 0.3) is 5.65 Å². The van der Waals surface area contributed by atoms with Crippen molar-refractivity contribution >= 4 is 11.5 Å². The van der Waals surface area contributed by atoms with Gasteiger partial charge in [-0.3, -0.25) is 4.98 Å². The van der Waals surface area contributed by atoms with Crippen LogP contribution in [0.1, 0.15) is 27.9 Å². The summed E-state index contributed by atoms with van der Waals surface area (Å²) >= 11 is 0. The van der Waals surface area contributed by atoms with Crippen LogP contribution in [0, 0.1) is 25.2 Å². The van der Waals surface area contributed by atoms with Gasteiger partial charge in [0.05, 0.1) is 5.56 Å². The molecule has 1 aliphatic heterocycles. The lowest BCUT2D eigenvalue weighted by atomic mass is 10.0. The van der Waals surface area contributed by atoms with E-state index in [9.17, 15) is 0 Å². The molecular formula is C16H15N7. The first-order chi connectivity index (χ1) is 11.2. The number of nitriles is 1. The highest BCUT2D eigenvalue weighted by atomic mass is 15.4. The molecule has 0 unspecified atom stereocenters. The molecule has 0 aromatic carbocycles. The minimum atomic E-state index is 0.598. The van der Waals surface area contributed by atoms with Gasteiger partial charge in [-0.05, 0) is 25.5 Å². The minimum Gasteiger partial charge on any atom is -0.350 e. The van der Waals surface area contributed by atoms with Gasteiger partial charge in [-0.1, -0.05) is 0 Å². The number of hydrogen-bond donors (Lipinski definition) is 0. The standard InChI is InChI=1S/C16H15N7/c1-10-11(2)16(21-23-9-19-20-15(10)23)22-4-3-14-13(8-22)5-12(6-17)7-18-14/h5,7,9H,3-4,8H2,1-2H3. The molecule has 3 aromatic rings. The average molecular weight is 305 g/mol. The molecule has 0 radical (unpaired) electrons. The summed E-state index contributed by atoms with van der Waals surface area (Å²) in [7, 11) is 0. The Morgan fingerprint density at radius 2 is 2.13 bits per heavy atom. The first-order valence-corrected chi connectivity index (χ1v) is 7.47. The van der Waals surface area contributed by atoms with Crippen LogP contribution >= 0.6 is 0 Å². The van der Waals surface area contributed by atoms with E-state index in [1.807, 2.05) is 13.0 Å². The van der Waals surface area contributed by atoms with Crippen LogP contribution in [-0.2, 0) is 13.0 Å². The Bertz CT molecular complexity index is 951. The van der Waals surface area contributed by atoms with Crippen molar-refractivity contribution in [2.45, 2.75) is 26.8 Å². The molecule has 0 spiro atoms. The SMILES string of the molecule is Cc1c(N2CCc3ncc(C#N)cc3C2)nn2cnnc2c1C. The van der Waals surface area contributed by atoms with Crippen molar-refractivity contribution in [2.24, 2.45) is 0 Å². The number of aromatic nitrogens is 5. The van der Waals surface area contributed by atoms with Crippen molar-refractivity contribution in [2.75, 3.05) is 11.4 Å². The van der Waals surface area contributed by atoms with Crippen LogP contribution in [-0.4, -0.2) is 31.3 Å². The van der Waals surface area contributed by atoms with Crippen molar-refractivity contribution in [3.05, 3.63) is 46.5 Å². The van der Waals surface area contributed by atoms with Gasteiger partial charge in [0, 0.05) is 42.5 Å². The number of fused-ring (bicyclic) bond motifs is 2. The average Bonchev–Trinajstić information content (AvgIpc) is 3.05. The topological polar surface area (TPSA) is 83.0 Å². The van der Waals surface area contributed by atoms with Crippen molar-refractivity contribution in [1.82, 2.24) is 24.8 Å². The molecule has 114 valence electrons. The van der Waals surface area contributed by atoms with Gasteiger partial charge in [-0.25, -0.2) is 0 Å². The van der Waals surface area contributed by atoms with E-state index in [0.717, 1.165) is 46.8 Å². The summed E-state index contributed by atoms with van der Waals surface area (Å²) < 4.78 is 1.72. The minimum absolute atomic E-state index is 0.598. The maximum atomic E-state index is 9.06. The van der Waals surface area contributed by atoms with Crippen LogP contribution in [0.3, 0.4) is 0 Å². The lowest BCUT2D eigenvalue weighted by molar-refractivity contribution is 0.687. The molecule has 0 amide bonds. The van der Waals surface area contributed by atoms with Crippen molar-refractivity contribution in [3.63, 3.8) is 0 Å². The predicted molar refractivity (Wildman–Crippen MR) is 84.0 cm³/mol. The van der Waals surface area contributed by atoms with Crippen LogP contribution in [0.4, 0.5) is 5.82 Å². The zero-order chi connectivity index (χ0) is 16.0. The van der Waals surface area contributed by atoms with Crippen LogP contribution in [0.2, 0.25) is 0 Å². The quantitative estimate of drug-likeness (QED) is 0.678. The number of anilines is 1. The summed E-state index contributed by atoms with van der Waals surface area (Å²) in [4.78, 5) is 6.63. The molecule has 0 aliphatic carbocycles. The zero-order valence-corrected chi connectivity index (χ0v) is 13.0. The van der Waals surface area contributed by atoms with Gasteiger partial charge in [0.1, 0.15) is 12.4 Å². The Morgan fingerprint density at radius 3 is 2.96 bits per heavy atom. The van der Waals surface area contributed by atoms with E-state index in [1.165, 1.54) is 0 Å². The van der Waals surface area contributed by atoms with E-state index in [-0.39, 0.29) is 0 Å². The number of nitrogens with zero attached hydrogens (tertiary/aromatic N) is 7. The van der Waals surface area contributed by atoms with Gasteiger partial charge in [-0.15, -0.1) is 15.3 Å². The lowest BCUT2D eigenvalue weighted by Gasteiger charge is -2.30. The fourth-order valence-electron chi connectivity index (χ4n) is 3.03. The summed E-state index contributed by atoms with van der Waals surface area (Å²) in [6.07, 6.45) is 4.12. The lowest BCUT2D eigenvalue weighted by Crippen LogP contribution is -2.33. The second kappa shape index (κ2) is 5.02. The van der Waals surface area contributed by atoms with E-state index in [1.54, 1.807) is 17.0 Å². The largest absolute Gasteiger partial charge is 0.350 e. The van der Waals surface area contributed by atoms with Crippen LogP contribution < -0.4 is 4.90 Å². The maximum Gasteiger partial charge on any atom is 0.180 e. The Balaban J connectivity index is 1.77. The highest BCUT2D eigenvalue weighted by Gasteiger charge is 2.22. The number of rotatable bonds is 1. The fourth-order valence-corrected chi connectivity index (χ4v) is 3.03. The third kappa shape index (κ3) is 2.11. The molecule has 3 aromatic heterocycles. The van der Waals surface area contributed by atoms with Crippen LogP contribution in [0.5, 0.6) is 0 Å². The molecule has 0 bridgehead atoms. The summed E-state index contributed by atoms with van der Waals surface area (Å²) in [5.74, 6) is 0.933. The van der Waals surface area contributed by atoms with E-state index >= 15 is 0 Å². The highest BCUT2D eigenvalue weighted by Crippen LogP contribution is 2.27. The molecule has 0 atom stereocenters.